The van der Waals surface area contributed by atoms with Gasteiger partial charge >= 0.3 is 6.03 Å². The van der Waals surface area contributed by atoms with Crippen LogP contribution >= 0.6 is 11.6 Å². The Morgan fingerprint density at radius 2 is 1.86 bits per heavy atom. The van der Waals surface area contributed by atoms with Gasteiger partial charge in [0, 0.05) is 29.3 Å². The van der Waals surface area contributed by atoms with Crippen LogP contribution in [0.25, 0.3) is 10.9 Å². The van der Waals surface area contributed by atoms with E-state index >= 15 is 0 Å². The standard InChI is InChI=1S/C25H25ClN6O3/c1-27-14-24(33)31-23-12-16(8-10-28-23)15-32-11-9-18-19(4-3-5-21(18)32)29-25(34)30-20-13-17(26)6-7-22(20)35-2/h3-13,27H,14-15H2,1-2H3,(H,28,31,33)(H2,29,30,34). The summed E-state index contributed by atoms with van der Waals surface area (Å²) in [5.74, 6) is 0.843. The van der Waals surface area contributed by atoms with E-state index in [4.69, 9.17) is 16.3 Å². The maximum absolute atomic E-state index is 12.7. The van der Waals surface area contributed by atoms with Crippen molar-refractivity contribution in [3.63, 3.8) is 0 Å². The molecule has 0 aliphatic rings. The summed E-state index contributed by atoms with van der Waals surface area (Å²) in [5, 5.41) is 12.6. The lowest BCUT2D eigenvalue weighted by atomic mass is 10.2. The summed E-state index contributed by atoms with van der Waals surface area (Å²) in [7, 11) is 3.24. The molecule has 0 fully saturated rings. The molecule has 2 heterocycles. The van der Waals surface area contributed by atoms with Gasteiger partial charge < -0.3 is 30.6 Å². The van der Waals surface area contributed by atoms with Crippen molar-refractivity contribution in [3.05, 3.63) is 77.6 Å². The van der Waals surface area contributed by atoms with Crippen LogP contribution in [0.2, 0.25) is 5.02 Å². The summed E-state index contributed by atoms with van der Waals surface area (Å²) in [4.78, 5) is 28.7. The first kappa shape index (κ1) is 24.1. The molecule has 4 rings (SSSR count). The van der Waals surface area contributed by atoms with Gasteiger partial charge in [-0.1, -0.05) is 17.7 Å². The zero-order chi connectivity index (χ0) is 24.8. The van der Waals surface area contributed by atoms with Crippen molar-refractivity contribution in [3.8, 4) is 5.75 Å². The molecular weight excluding hydrogens is 468 g/mol. The predicted octanol–water partition coefficient (Wildman–Crippen LogP) is 4.55. The Hall–Kier alpha value is -4.08. The van der Waals surface area contributed by atoms with Crippen LogP contribution in [0.4, 0.5) is 22.0 Å². The molecule has 0 bridgehead atoms. The van der Waals surface area contributed by atoms with Crippen molar-refractivity contribution in [1.29, 1.82) is 0 Å². The summed E-state index contributed by atoms with van der Waals surface area (Å²) in [6.07, 6.45) is 3.62. The highest BCUT2D eigenvalue weighted by molar-refractivity contribution is 6.31. The number of hydrogen-bond acceptors (Lipinski definition) is 5. The number of nitrogens with zero attached hydrogens (tertiary/aromatic N) is 2. The lowest BCUT2D eigenvalue weighted by molar-refractivity contribution is -0.115. The molecule has 4 aromatic rings. The van der Waals surface area contributed by atoms with Crippen LogP contribution in [-0.4, -0.2) is 42.2 Å². The highest BCUT2D eigenvalue weighted by Crippen LogP contribution is 2.29. The van der Waals surface area contributed by atoms with Crippen molar-refractivity contribution < 1.29 is 14.3 Å². The first-order chi connectivity index (χ1) is 17.0. The monoisotopic (exact) mass is 492 g/mol. The molecule has 2 aromatic carbocycles. The Balaban J connectivity index is 1.50. The zero-order valence-electron chi connectivity index (χ0n) is 19.3. The number of carbonyl (C=O) groups excluding carboxylic acids is 2. The minimum absolute atomic E-state index is 0.159. The smallest absolute Gasteiger partial charge is 0.323 e. The molecule has 9 nitrogen and oxygen atoms in total. The minimum Gasteiger partial charge on any atom is -0.495 e. The van der Waals surface area contributed by atoms with Gasteiger partial charge in [-0.05, 0) is 61.1 Å². The van der Waals surface area contributed by atoms with Crippen LogP contribution in [0.1, 0.15) is 5.56 Å². The Labute approximate surface area is 207 Å². The van der Waals surface area contributed by atoms with Crippen LogP contribution in [0.5, 0.6) is 5.75 Å². The molecule has 0 aliphatic heterocycles. The maximum Gasteiger partial charge on any atom is 0.323 e. The summed E-state index contributed by atoms with van der Waals surface area (Å²) in [5.41, 5.74) is 3.05. The SMILES string of the molecule is CNCC(=O)Nc1cc(Cn2ccc3c(NC(=O)Nc4cc(Cl)ccc4OC)cccc32)ccn1. The second-order valence-electron chi connectivity index (χ2n) is 7.73. The van der Waals surface area contributed by atoms with Crippen LogP contribution in [0, 0.1) is 0 Å². The number of nitrogens with one attached hydrogen (secondary N) is 4. The molecule has 3 amide bonds. The van der Waals surface area contributed by atoms with E-state index in [-0.39, 0.29) is 12.5 Å². The molecule has 0 unspecified atom stereocenters. The average Bonchev–Trinajstić information content (AvgIpc) is 3.23. The van der Waals surface area contributed by atoms with E-state index in [0.717, 1.165) is 16.5 Å². The number of benzene rings is 2. The third kappa shape index (κ3) is 5.89. The third-order valence-corrected chi connectivity index (χ3v) is 5.49. The van der Waals surface area contributed by atoms with E-state index in [1.54, 1.807) is 31.4 Å². The number of hydrogen-bond donors (Lipinski definition) is 4. The maximum atomic E-state index is 12.7. The molecule has 0 spiro atoms. The highest BCUT2D eigenvalue weighted by Gasteiger charge is 2.12. The van der Waals surface area contributed by atoms with Gasteiger partial charge in [0.1, 0.15) is 11.6 Å². The molecule has 0 saturated heterocycles. The Kier molecular flexibility index (Phi) is 7.49. The predicted molar refractivity (Wildman–Crippen MR) is 138 cm³/mol. The van der Waals surface area contributed by atoms with Crippen LogP contribution < -0.4 is 26.0 Å². The van der Waals surface area contributed by atoms with E-state index in [1.807, 2.05) is 42.6 Å². The van der Waals surface area contributed by atoms with E-state index in [2.05, 4.69) is 30.8 Å². The highest BCUT2D eigenvalue weighted by atomic mass is 35.5. The number of fused-ring (bicyclic) bond motifs is 1. The minimum atomic E-state index is -0.415. The molecule has 4 N–H and O–H groups in total. The zero-order valence-corrected chi connectivity index (χ0v) is 20.0. The molecule has 0 saturated carbocycles. The molecule has 180 valence electrons. The number of anilines is 3. The number of likely N-dealkylation sites (N-methyl/N-ethyl adjacent to an activating group) is 1. The van der Waals surface area contributed by atoms with E-state index in [9.17, 15) is 9.59 Å². The Bertz CT molecular complexity index is 1370. The Morgan fingerprint density at radius 3 is 2.66 bits per heavy atom. The molecule has 0 aliphatic carbocycles. The molecule has 10 heteroatoms. The lowest BCUT2D eigenvalue weighted by Gasteiger charge is -2.13. The van der Waals surface area contributed by atoms with Crippen LogP contribution in [0.3, 0.4) is 0 Å². The van der Waals surface area contributed by atoms with Gasteiger partial charge in [-0.25, -0.2) is 9.78 Å². The first-order valence-electron chi connectivity index (χ1n) is 10.9. The van der Waals surface area contributed by atoms with Gasteiger partial charge in [-0.3, -0.25) is 4.79 Å². The van der Waals surface area contributed by atoms with Gasteiger partial charge in [-0.15, -0.1) is 0 Å². The fraction of sp³-hybridized carbons (Fsp3) is 0.160. The van der Waals surface area contributed by atoms with Crippen molar-refractivity contribution in [2.45, 2.75) is 6.54 Å². The lowest BCUT2D eigenvalue weighted by Crippen LogP contribution is -2.25. The number of carbonyl (C=O) groups is 2. The van der Waals surface area contributed by atoms with Crippen molar-refractivity contribution in [2.24, 2.45) is 0 Å². The second kappa shape index (κ2) is 10.9. The molecular formula is C25H25ClN6O3. The number of ether oxygens (including phenoxy) is 1. The number of pyridine rings is 1. The molecule has 0 atom stereocenters. The van der Waals surface area contributed by atoms with Gasteiger partial charge in [0.2, 0.25) is 5.91 Å². The number of urea groups is 1. The van der Waals surface area contributed by atoms with Crippen LogP contribution in [0.15, 0.2) is 67.0 Å². The average molecular weight is 493 g/mol. The topological polar surface area (TPSA) is 109 Å². The van der Waals surface area contributed by atoms with Gasteiger partial charge in [0.15, 0.2) is 0 Å². The summed E-state index contributed by atoms with van der Waals surface area (Å²) in [6.45, 7) is 0.776. The number of amides is 3. The van der Waals surface area contributed by atoms with Gasteiger partial charge in [-0.2, -0.15) is 0 Å². The first-order valence-corrected chi connectivity index (χ1v) is 11.2. The van der Waals surface area contributed by atoms with Crippen molar-refractivity contribution in [2.75, 3.05) is 36.7 Å². The molecule has 2 aromatic heterocycles. The number of halogens is 1. The van der Waals surface area contributed by atoms with Crippen LogP contribution in [-0.2, 0) is 11.3 Å². The number of methoxy groups -OCH3 is 1. The molecule has 0 radical (unpaired) electrons. The Morgan fingerprint density at radius 1 is 1.03 bits per heavy atom. The van der Waals surface area contributed by atoms with E-state index in [0.29, 0.717) is 34.5 Å². The summed E-state index contributed by atoms with van der Waals surface area (Å²) >= 11 is 6.06. The third-order valence-electron chi connectivity index (χ3n) is 5.25. The van der Waals surface area contributed by atoms with Gasteiger partial charge in [0.05, 0.1) is 30.5 Å². The summed E-state index contributed by atoms with van der Waals surface area (Å²) < 4.78 is 7.35. The summed E-state index contributed by atoms with van der Waals surface area (Å²) in [6, 6.07) is 16.0. The fourth-order valence-electron chi connectivity index (χ4n) is 3.71. The largest absolute Gasteiger partial charge is 0.495 e. The van der Waals surface area contributed by atoms with Gasteiger partial charge in [0.25, 0.3) is 0 Å². The normalized spacial score (nSPS) is 10.7. The second-order valence-corrected chi connectivity index (χ2v) is 8.17. The van der Waals surface area contributed by atoms with Crippen molar-refractivity contribution in [1.82, 2.24) is 14.9 Å². The van der Waals surface area contributed by atoms with E-state index < -0.39 is 6.03 Å². The number of aromatic nitrogens is 2. The van der Waals surface area contributed by atoms with Crippen molar-refractivity contribution >= 4 is 51.6 Å². The fourth-order valence-corrected chi connectivity index (χ4v) is 3.88. The molecule has 35 heavy (non-hydrogen) atoms. The van der Waals surface area contributed by atoms with E-state index in [1.165, 1.54) is 7.11 Å². The quantitative estimate of drug-likeness (QED) is 0.288. The number of rotatable bonds is 8.